The van der Waals surface area contributed by atoms with Gasteiger partial charge in [-0.25, -0.2) is 9.80 Å². The van der Waals surface area contributed by atoms with Crippen LogP contribution in [0.1, 0.15) is 42.5 Å². The lowest BCUT2D eigenvalue weighted by Gasteiger charge is -2.20. The number of benzene rings is 2. The summed E-state index contributed by atoms with van der Waals surface area (Å²) in [5, 5.41) is 17.8. The van der Waals surface area contributed by atoms with E-state index >= 15 is 0 Å². The van der Waals surface area contributed by atoms with Crippen molar-refractivity contribution < 1.29 is 9.90 Å². The second-order valence-corrected chi connectivity index (χ2v) is 8.18. The van der Waals surface area contributed by atoms with Crippen molar-refractivity contribution in [2.45, 2.75) is 32.4 Å². The van der Waals surface area contributed by atoms with Crippen LogP contribution >= 0.6 is 0 Å². The van der Waals surface area contributed by atoms with Crippen molar-refractivity contribution in [2.24, 2.45) is 5.10 Å². The largest absolute Gasteiger partial charge is 0.494 e. The van der Waals surface area contributed by atoms with E-state index in [1.165, 1.54) is 5.01 Å². The molecule has 2 aromatic heterocycles. The van der Waals surface area contributed by atoms with E-state index in [1.807, 2.05) is 60.8 Å². The monoisotopic (exact) mass is 457 g/mol. The Labute approximate surface area is 194 Å². The van der Waals surface area contributed by atoms with Crippen molar-refractivity contribution >= 4 is 22.5 Å². The molecule has 9 nitrogen and oxygen atoms in total. The van der Waals surface area contributed by atoms with E-state index in [0.29, 0.717) is 0 Å². The number of hydrogen-bond donors (Lipinski definition) is 3. The maximum Gasteiger partial charge on any atom is 0.331 e. The number of hydrazone groups is 1. The van der Waals surface area contributed by atoms with E-state index in [0.717, 1.165) is 26.6 Å². The molecular formula is C25H23N5O4. The molecule has 3 heterocycles. The SMILES string of the molecule is CCC(=O)N1N=C(c2c(O)n(Cc3ccccc3)c(=O)[nH]c2=O)C[C@H]1c1c[nH]c2ccccc12. The summed E-state index contributed by atoms with van der Waals surface area (Å²) in [6, 6.07) is 16.4. The highest BCUT2D eigenvalue weighted by Gasteiger charge is 2.36. The minimum Gasteiger partial charge on any atom is -0.494 e. The van der Waals surface area contributed by atoms with Crippen LogP contribution in [0.25, 0.3) is 10.9 Å². The van der Waals surface area contributed by atoms with Crippen LogP contribution < -0.4 is 11.2 Å². The molecule has 1 aliphatic heterocycles. The van der Waals surface area contributed by atoms with Crippen molar-refractivity contribution in [1.29, 1.82) is 0 Å². The van der Waals surface area contributed by atoms with Gasteiger partial charge in [-0.15, -0.1) is 0 Å². The number of carbonyl (C=O) groups excluding carboxylic acids is 1. The Morgan fingerprint density at radius 1 is 1.12 bits per heavy atom. The van der Waals surface area contributed by atoms with Gasteiger partial charge in [-0.2, -0.15) is 5.10 Å². The topological polar surface area (TPSA) is 124 Å². The number of amides is 1. The van der Waals surface area contributed by atoms with Crippen LogP contribution in [0.4, 0.5) is 0 Å². The molecule has 0 unspecified atom stereocenters. The summed E-state index contributed by atoms with van der Waals surface area (Å²) in [4.78, 5) is 43.5. The zero-order chi connectivity index (χ0) is 23.8. The van der Waals surface area contributed by atoms with Gasteiger partial charge in [0.05, 0.1) is 18.3 Å². The number of hydrogen-bond acceptors (Lipinski definition) is 5. The Hall–Kier alpha value is -4.40. The van der Waals surface area contributed by atoms with Crippen LogP contribution in [0.15, 0.2) is 75.5 Å². The van der Waals surface area contributed by atoms with E-state index in [4.69, 9.17) is 0 Å². The first-order chi connectivity index (χ1) is 16.5. The molecule has 0 saturated heterocycles. The zero-order valence-corrected chi connectivity index (χ0v) is 18.5. The van der Waals surface area contributed by atoms with Crippen LogP contribution in [0.5, 0.6) is 5.88 Å². The van der Waals surface area contributed by atoms with Crippen molar-refractivity contribution in [1.82, 2.24) is 19.5 Å². The van der Waals surface area contributed by atoms with Gasteiger partial charge in [0.2, 0.25) is 11.8 Å². The normalized spacial score (nSPS) is 15.6. The molecule has 34 heavy (non-hydrogen) atoms. The summed E-state index contributed by atoms with van der Waals surface area (Å²) in [5.41, 5.74) is 1.25. The number of fused-ring (bicyclic) bond motifs is 1. The second-order valence-electron chi connectivity index (χ2n) is 8.18. The first kappa shape index (κ1) is 21.4. The first-order valence-electron chi connectivity index (χ1n) is 11.0. The Morgan fingerprint density at radius 2 is 1.85 bits per heavy atom. The number of H-pyrrole nitrogens is 2. The molecule has 4 aromatic rings. The molecule has 172 valence electrons. The Bertz CT molecular complexity index is 1530. The van der Waals surface area contributed by atoms with Gasteiger partial charge in [0, 0.05) is 35.5 Å². The summed E-state index contributed by atoms with van der Waals surface area (Å²) in [6.07, 6.45) is 2.28. The quantitative estimate of drug-likeness (QED) is 0.426. The summed E-state index contributed by atoms with van der Waals surface area (Å²) >= 11 is 0. The Balaban J connectivity index is 1.59. The number of nitrogens with zero attached hydrogens (tertiary/aromatic N) is 3. The van der Waals surface area contributed by atoms with Gasteiger partial charge in [0.1, 0.15) is 5.56 Å². The number of aromatic hydroxyl groups is 1. The third-order valence-electron chi connectivity index (χ3n) is 6.09. The number of para-hydroxylation sites is 1. The molecule has 0 fully saturated rings. The number of rotatable bonds is 5. The van der Waals surface area contributed by atoms with Gasteiger partial charge >= 0.3 is 5.69 Å². The number of nitrogens with one attached hydrogen (secondary N) is 2. The molecule has 0 aliphatic carbocycles. The molecule has 1 amide bonds. The number of aromatic amines is 2. The summed E-state index contributed by atoms with van der Waals surface area (Å²) in [6.45, 7) is 1.82. The van der Waals surface area contributed by atoms with Crippen molar-refractivity contribution in [3.63, 3.8) is 0 Å². The minimum atomic E-state index is -0.742. The fourth-order valence-electron chi connectivity index (χ4n) is 4.40. The Kier molecular flexibility index (Phi) is 5.37. The van der Waals surface area contributed by atoms with Crippen LogP contribution in [0, 0.1) is 0 Å². The van der Waals surface area contributed by atoms with Crippen LogP contribution in [-0.4, -0.2) is 36.3 Å². The Morgan fingerprint density at radius 3 is 2.62 bits per heavy atom. The summed E-state index contributed by atoms with van der Waals surface area (Å²) < 4.78 is 1.10. The molecule has 2 aromatic carbocycles. The highest BCUT2D eigenvalue weighted by Crippen LogP contribution is 2.37. The van der Waals surface area contributed by atoms with Gasteiger partial charge in [-0.3, -0.25) is 19.1 Å². The minimum absolute atomic E-state index is 0.0754. The van der Waals surface area contributed by atoms with Gasteiger partial charge in [0.25, 0.3) is 5.56 Å². The molecular weight excluding hydrogens is 434 g/mol. The smallest absolute Gasteiger partial charge is 0.331 e. The molecule has 1 atom stereocenters. The molecule has 0 bridgehead atoms. The van der Waals surface area contributed by atoms with Crippen LogP contribution in [-0.2, 0) is 11.3 Å². The third-order valence-corrected chi connectivity index (χ3v) is 6.09. The fourth-order valence-corrected chi connectivity index (χ4v) is 4.40. The molecule has 0 saturated carbocycles. The number of carbonyl (C=O) groups is 1. The van der Waals surface area contributed by atoms with Crippen LogP contribution in [0.3, 0.4) is 0 Å². The van der Waals surface area contributed by atoms with Crippen molar-refractivity contribution in [3.8, 4) is 5.88 Å². The summed E-state index contributed by atoms with van der Waals surface area (Å²) in [5.74, 6) is -0.682. The maximum absolute atomic E-state index is 12.8. The van der Waals surface area contributed by atoms with Gasteiger partial charge in [-0.1, -0.05) is 55.5 Å². The first-order valence-corrected chi connectivity index (χ1v) is 11.0. The maximum atomic E-state index is 12.8. The average molecular weight is 457 g/mol. The van der Waals surface area contributed by atoms with E-state index < -0.39 is 23.2 Å². The van der Waals surface area contributed by atoms with Crippen molar-refractivity contribution in [3.05, 3.63) is 98.3 Å². The van der Waals surface area contributed by atoms with Gasteiger partial charge < -0.3 is 10.1 Å². The molecule has 3 N–H and O–H groups in total. The highest BCUT2D eigenvalue weighted by molar-refractivity contribution is 6.05. The molecule has 0 spiro atoms. The lowest BCUT2D eigenvalue weighted by atomic mass is 9.98. The highest BCUT2D eigenvalue weighted by atomic mass is 16.3. The lowest BCUT2D eigenvalue weighted by Crippen LogP contribution is -2.34. The average Bonchev–Trinajstić information content (AvgIpc) is 3.46. The van der Waals surface area contributed by atoms with E-state index in [2.05, 4.69) is 15.1 Å². The third kappa shape index (κ3) is 3.61. The fraction of sp³-hybridized carbons (Fsp3) is 0.200. The molecule has 0 radical (unpaired) electrons. The van der Waals surface area contributed by atoms with E-state index in [9.17, 15) is 19.5 Å². The lowest BCUT2D eigenvalue weighted by molar-refractivity contribution is -0.132. The van der Waals surface area contributed by atoms with Crippen LogP contribution in [0.2, 0.25) is 0 Å². The zero-order valence-electron chi connectivity index (χ0n) is 18.5. The van der Waals surface area contributed by atoms with E-state index in [-0.39, 0.29) is 36.6 Å². The molecule has 5 rings (SSSR count). The van der Waals surface area contributed by atoms with Gasteiger partial charge in [-0.05, 0) is 11.6 Å². The van der Waals surface area contributed by atoms with Gasteiger partial charge in [0.15, 0.2) is 0 Å². The second kappa shape index (κ2) is 8.51. The predicted molar refractivity (Wildman–Crippen MR) is 128 cm³/mol. The molecule has 1 aliphatic rings. The summed E-state index contributed by atoms with van der Waals surface area (Å²) in [7, 11) is 0. The standard InChI is InChI=1S/C25H23N5O4/c1-2-21(31)30-20(17-13-26-18-11-7-6-10-16(17)18)12-19(28-30)22-23(32)27-25(34)29(24(22)33)14-15-8-4-3-5-9-15/h3-11,13,20,26,33H,2,12,14H2,1H3,(H,27,32,34)/t20-/m0/s1. The molecule has 9 heteroatoms. The predicted octanol–water partition coefficient (Wildman–Crippen LogP) is 2.86. The van der Waals surface area contributed by atoms with E-state index in [1.54, 1.807) is 6.92 Å². The van der Waals surface area contributed by atoms with Crippen molar-refractivity contribution in [2.75, 3.05) is 0 Å². The number of aromatic nitrogens is 3.